The van der Waals surface area contributed by atoms with Gasteiger partial charge in [0.2, 0.25) is 0 Å². The summed E-state index contributed by atoms with van der Waals surface area (Å²) < 4.78 is 15.5. The number of ether oxygens (including phenoxy) is 3. The Hall–Kier alpha value is -3.86. The second-order valence-corrected chi connectivity index (χ2v) is 6.42. The van der Waals surface area contributed by atoms with Crippen LogP contribution in [0.5, 0.6) is 11.5 Å². The maximum absolute atomic E-state index is 12.3. The molecule has 3 aromatic carbocycles. The largest absolute Gasteiger partial charge is 0.493 e. The van der Waals surface area contributed by atoms with Crippen LogP contribution in [0.4, 0.5) is 0 Å². The summed E-state index contributed by atoms with van der Waals surface area (Å²) in [5, 5.41) is 0. The van der Waals surface area contributed by atoms with Crippen molar-refractivity contribution in [3.05, 3.63) is 90.0 Å². The lowest BCUT2D eigenvalue weighted by molar-refractivity contribution is -0.136. The van der Waals surface area contributed by atoms with E-state index in [2.05, 4.69) is 0 Å². The number of methoxy groups -OCH3 is 2. The number of esters is 1. The van der Waals surface area contributed by atoms with Gasteiger partial charge in [-0.25, -0.2) is 4.79 Å². The number of Topliss-reactive ketones (excluding diaryl/α,β-unsaturated/α-hetero) is 1. The van der Waals surface area contributed by atoms with Crippen molar-refractivity contribution in [2.75, 3.05) is 20.8 Å². The highest BCUT2D eigenvalue weighted by molar-refractivity contribution is 5.99. The van der Waals surface area contributed by atoms with Crippen LogP contribution in [-0.4, -0.2) is 32.6 Å². The van der Waals surface area contributed by atoms with Crippen LogP contribution in [0, 0.1) is 0 Å². The average Bonchev–Trinajstić information content (AvgIpc) is 2.81. The van der Waals surface area contributed by atoms with E-state index in [-0.39, 0.29) is 12.4 Å². The lowest BCUT2D eigenvalue weighted by atomic mass is 10.0. The van der Waals surface area contributed by atoms with E-state index in [0.717, 1.165) is 16.7 Å². The number of hydrogen-bond donors (Lipinski definition) is 0. The zero-order chi connectivity index (χ0) is 21.3. The van der Waals surface area contributed by atoms with Crippen molar-refractivity contribution in [1.82, 2.24) is 0 Å². The smallest absolute Gasteiger partial charge is 0.331 e. The van der Waals surface area contributed by atoms with Gasteiger partial charge in [0.05, 0.1) is 14.2 Å². The summed E-state index contributed by atoms with van der Waals surface area (Å²) in [5.41, 5.74) is 3.32. The summed E-state index contributed by atoms with van der Waals surface area (Å²) in [6.07, 6.45) is 2.86. The second kappa shape index (κ2) is 10.1. The van der Waals surface area contributed by atoms with Gasteiger partial charge in [-0.05, 0) is 34.9 Å². The van der Waals surface area contributed by atoms with E-state index in [1.165, 1.54) is 13.2 Å². The van der Waals surface area contributed by atoms with Crippen molar-refractivity contribution in [3.63, 3.8) is 0 Å². The number of benzene rings is 3. The fourth-order valence-corrected chi connectivity index (χ4v) is 2.87. The molecule has 0 fully saturated rings. The maximum atomic E-state index is 12.3. The van der Waals surface area contributed by atoms with Gasteiger partial charge < -0.3 is 14.2 Å². The number of rotatable bonds is 8. The third-order valence-electron chi connectivity index (χ3n) is 4.48. The van der Waals surface area contributed by atoms with Crippen LogP contribution >= 0.6 is 0 Å². The van der Waals surface area contributed by atoms with Crippen molar-refractivity contribution in [1.29, 1.82) is 0 Å². The monoisotopic (exact) mass is 402 g/mol. The number of hydrogen-bond acceptors (Lipinski definition) is 5. The van der Waals surface area contributed by atoms with Gasteiger partial charge in [0.15, 0.2) is 23.9 Å². The minimum Gasteiger partial charge on any atom is -0.493 e. The Kier molecular flexibility index (Phi) is 7.00. The molecule has 5 nitrogen and oxygen atoms in total. The molecule has 0 bridgehead atoms. The van der Waals surface area contributed by atoms with Crippen LogP contribution in [-0.2, 0) is 9.53 Å². The van der Waals surface area contributed by atoms with Gasteiger partial charge in [0.1, 0.15) is 0 Å². The highest BCUT2D eigenvalue weighted by atomic mass is 16.5. The molecule has 30 heavy (non-hydrogen) atoms. The van der Waals surface area contributed by atoms with Gasteiger partial charge in [0, 0.05) is 11.6 Å². The zero-order valence-electron chi connectivity index (χ0n) is 16.8. The Bertz CT molecular complexity index is 1040. The standard InChI is InChI=1S/C25H22O5/c1-28-23-14-8-18(16-24(23)29-2)9-15-25(27)30-17-22(26)21-12-10-20(11-13-21)19-6-4-3-5-7-19/h3-16H,17H2,1-2H3/b15-9+. The zero-order valence-corrected chi connectivity index (χ0v) is 16.8. The third kappa shape index (κ3) is 5.35. The van der Waals surface area contributed by atoms with Crippen LogP contribution in [0.2, 0.25) is 0 Å². The first kappa shape index (κ1) is 20.9. The van der Waals surface area contributed by atoms with E-state index < -0.39 is 5.97 Å². The predicted molar refractivity (Wildman–Crippen MR) is 116 cm³/mol. The molecule has 0 amide bonds. The topological polar surface area (TPSA) is 61.8 Å². The lowest BCUT2D eigenvalue weighted by Crippen LogP contribution is -2.12. The summed E-state index contributed by atoms with van der Waals surface area (Å²) in [4.78, 5) is 24.2. The molecule has 0 aliphatic rings. The van der Waals surface area contributed by atoms with E-state index in [4.69, 9.17) is 14.2 Å². The molecule has 3 aromatic rings. The summed E-state index contributed by atoms with van der Waals surface area (Å²) in [6.45, 7) is -0.320. The van der Waals surface area contributed by atoms with Crippen molar-refractivity contribution >= 4 is 17.8 Å². The van der Waals surface area contributed by atoms with E-state index in [9.17, 15) is 9.59 Å². The molecular formula is C25H22O5. The lowest BCUT2D eigenvalue weighted by Gasteiger charge is -2.07. The van der Waals surface area contributed by atoms with E-state index in [1.54, 1.807) is 43.5 Å². The fourth-order valence-electron chi connectivity index (χ4n) is 2.87. The molecule has 0 N–H and O–H groups in total. The average molecular weight is 402 g/mol. The van der Waals surface area contributed by atoms with Gasteiger partial charge in [-0.15, -0.1) is 0 Å². The van der Waals surface area contributed by atoms with Gasteiger partial charge in [-0.3, -0.25) is 4.79 Å². The summed E-state index contributed by atoms with van der Waals surface area (Å²) in [6, 6.07) is 22.4. The SMILES string of the molecule is COc1ccc(/C=C/C(=O)OCC(=O)c2ccc(-c3ccccc3)cc2)cc1OC. The van der Waals surface area contributed by atoms with Crippen LogP contribution in [0.15, 0.2) is 78.9 Å². The van der Waals surface area contributed by atoms with Crippen LogP contribution < -0.4 is 9.47 Å². The molecule has 0 aromatic heterocycles. The Morgan fingerprint density at radius 1 is 0.800 bits per heavy atom. The van der Waals surface area contributed by atoms with Gasteiger partial charge >= 0.3 is 5.97 Å². The van der Waals surface area contributed by atoms with Crippen molar-refractivity contribution in [2.24, 2.45) is 0 Å². The van der Waals surface area contributed by atoms with Gasteiger partial charge in [0.25, 0.3) is 0 Å². The molecule has 0 unspecified atom stereocenters. The molecule has 0 heterocycles. The first-order valence-electron chi connectivity index (χ1n) is 9.36. The molecule has 0 aliphatic heterocycles. The van der Waals surface area contributed by atoms with Gasteiger partial charge in [-0.1, -0.05) is 60.7 Å². The Balaban J connectivity index is 1.55. The van der Waals surface area contributed by atoms with E-state index >= 15 is 0 Å². The van der Waals surface area contributed by atoms with E-state index in [1.807, 2.05) is 42.5 Å². The van der Waals surface area contributed by atoms with Crippen LogP contribution in [0.25, 0.3) is 17.2 Å². The van der Waals surface area contributed by atoms with Crippen molar-refractivity contribution < 1.29 is 23.8 Å². The molecule has 0 saturated carbocycles. The minimum atomic E-state index is -0.598. The Morgan fingerprint density at radius 3 is 2.13 bits per heavy atom. The highest BCUT2D eigenvalue weighted by Crippen LogP contribution is 2.28. The highest BCUT2D eigenvalue weighted by Gasteiger charge is 2.09. The predicted octanol–water partition coefficient (Wildman–Crippen LogP) is 4.81. The molecule has 0 saturated heterocycles. The van der Waals surface area contributed by atoms with Crippen LogP contribution in [0.1, 0.15) is 15.9 Å². The molecule has 0 radical (unpaired) electrons. The second-order valence-electron chi connectivity index (χ2n) is 6.42. The van der Waals surface area contributed by atoms with E-state index in [0.29, 0.717) is 17.1 Å². The molecular weight excluding hydrogens is 380 g/mol. The third-order valence-corrected chi connectivity index (χ3v) is 4.48. The molecule has 152 valence electrons. The maximum Gasteiger partial charge on any atom is 0.331 e. The number of carbonyl (C=O) groups is 2. The number of carbonyl (C=O) groups excluding carboxylic acids is 2. The van der Waals surface area contributed by atoms with Crippen LogP contribution in [0.3, 0.4) is 0 Å². The quantitative estimate of drug-likeness (QED) is 0.307. The Morgan fingerprint density at radius 2 is 1.47 bits per heavy atom. The first-order valence-corrected chi connectivity index (χ1v) is 9.36. The number of ketones is 1. The summed E-state index contributed by atoms with van der Waals surface area (Å²) in [7, 11) is 3.09. The molecule has 0 atom stereocenters. The Labute approximate surface area is 175 Å². The van der Waals surface area contributed by atoms with Crippen molar-refractivity contribution in [3.8, 4) is 22.6 Å². The van der Waals surface area contributed by atoms with Crippen molar-refractivity contribution in [2.45, 2.75) is 0 Å². The fraction of sp³-hybridized carbons (Fsp3) is 0.120. The van der Waals surface area contributed by atoms with Gasteiger partial charge in [-0.2, -0.15) is 0 Å². The summed E-state index contributed by atoms with van der Waals surface area (Å²) >= 11 is 0. The molecule has 3 rings (SSSR count). The molecule has 5 heteroatoms. The minimum absolute atomic E-state index is 0.262. The molecule has 0 spiro atoms. The normalized spacial score (nSPS) is 10.6. The summed E-state index contributed by atoms with van der Waals surface area (Å²) in [5.74, 6) is 0.296. The molecule has 0 aliphatic carbocycles. The first-order chi connectivity index (χ1) is 14.6.